The lowest BCUT2D eigenvalue weighted by molar-refractivity contribution is -0.146. The van der Waals surface area contributed by atoms with E-state index in [1.54, 1.807) is 68.4 Å². The second-order valence-electron chi connectivity index (χ2n) is 5.75. The number of hydrazone groups is 1. The predicted octanol–water partition coefficient (Wildman–Crippen LogP) is 4.21. The summed E-state index contributed by atoms with van der Waals surface area (Å²) in [6, 6.07) is 17.1. The van der Waals surface area contributed by atoms with Gasteiger partial charge in [-0.3, -0.25) is 5.43 Å². The van der Waals surface area contributed by atoms with Crippen molar-refractivity contribution in [3.05, 3.63) is 70.8 Å². The zero-order chi connectivity index (χ0) is 21.9. The van der Waals surface area contributed by atoms with Gasteiger partial charge >= 0.3 is 11.9 Å². The van der Waals surface area contributed by atoms with Crippen LogP contribution in [0.15, 0.2) is 65.3 Å². The van der Waals surface area contributed by atoms with Crippen LogP contribution in [0.1, 0.15) is 19.4 Å². The number of hydrogen-bond acceptors (Lipinski definition) is 7. The fraction of sp³-hybridized carbons (Fsp3) is 0.182. The minimum Gasteiger partial charge on any atom is -0.462 e. The highest BCUT2D eigenvalue weighted by molar-refractivity contribution is 6.40. The molecule has 0 radical (unpaired) electrons. The van der Waals surface area contributed by atoms with Crippen LogP contribution in [0.4, 0.5) is 5.69 Å². The number of allylic oxidation sites excluding steroid dienone is 1. The third-order valence-electron chi connectivity index (χ3n) is 3.76. The van der Waals surface area contributed by atoms with Crippen molar-refractivity contribution in [2.75, 3.05) is 18.6 Å². The molecule has 1 N–H and O–H groups in total. The minimum absolute atomic E-state index is 0.0106. The molecule has 30 heavy (non-hydrogen) atoms. The summed E-state index contributed by atoms with van der Waals surface area (Å²) in [5.41, 5.74) is 3.16. The first-order valence-electron chi connectivity index (χ1n) is 9.15. The van der Waals surface area contributed by atoms with Gasteiger partial charge in [-0.1, -0.05) is 41.9 Å². The largest absolute Gasteiger partial charge is 0.462 e. The molecule has 0 saturated carbocycles. The Morgan fingerprint density at radius 1 is 1.00 bits per heavy atom. The van der Waals surface area contributed by atoms with E-state index in [1.165, 1.54) is 0 Å². The second kappa shape index (κ2) is 11.4. The third kappa shape index (κ3) is 5.93. The summed E-state index contributed by atoms with van der Waals surface area (Å²) in [5, 5.41) is 14.4. The lowest BCUT2D eigenvalue weighted by Gasteiger charge is -2.13. The molecule has 154 valence electrons. The van der Waals surface area contributed by atoms with Gasteiger partial charge in [-0.25, -0.2) is 9.59 Å². The number of carbonyl (C=O) groups excluding carboxylic acids is 2. The number of nitrogens with zero attached hydrogens (tertiary/aromatic N) is 2. The van der Waals surface area contributed by atoms with Gasteiger partial charge in [0, 0.05) is 10.6 Å². The van der Waals surface area contributed by atoms with Gasteiger partial charge < -0.3 is 9.47 Å². The second-order valence-corrected chi connectivity index (χ2v) is 6.18. The number of benzene rings is 2. The molecule has 2 aromatic rings. The van der Waals surface area contributed by atoms with E-state index in [0.29, 0.717) is 16.3 Å². The maximum Gasteiger partial charge on any atom is 0.346 e. The Labute approximate surface area is 179 Å². The number of nitrogens with one attached hydrogen (secondary N) is 1. The van der Waals surface area contributed by atoms with Crippen molar-refractivity contribution in [3.63, 3.8) is 0 Å². The summed E-state index contributed by atoms with van der Waals surface area (Å²) in [6.45, 7) is 3.33. The van der Waals surface area contributed by atoms with Crippen molar-refractivity contribution in [2.45, 2.75) is 13.8 Å². The van der Waals surface area contributed by atoms with Crippen molar-refractivity contribution in [2.24, 2.45) is 5.10 Å². The number of esters is 2. The van der Waals surface area contributed by atoms with Crippen molar-refractivity contribution in [1.82, 2.24) is 0 Å². The molecular weight excluding hydrogens is 406 g/mol. The molecule has 0 aliphatic heterocycles. The monoisotopic (exact) mass is 425 g/mol. The molecule has 0 atom stereocenters. The van der Waals surface area contributed by atoms with Crippen molar-refractivity contribution in [1.29, 1.82) is 5.26 Å². The Bertz CT molecular complexity index is 973. The first-order chi connectivity index (χ1) is 14.5. The van der Waals surface area contributed by atoms with Gasteiger partial charge in [0.05, 0.1) is 18.9 Å². The van der Waals surface area contributed by atoms with Crippen LogP contribution in [0.25, 0.3) is 5.57 Å². The number of rotatable bonds is 8. The van der Waals surface area contributed by atoms with E-state index in [4.69, 9.17) is 21.1 Å². The zero-order valence-electron chi connectivity index (χ0n) is 16.5. The predicted molar refractivity (Wildman–Crippen MR) is 115 cm³/mol. The van der Waals surface area contributed by atoms with E-state index in [0.717, 1.165) is 0 Å². The highest BCUT2D eigenvalue weighted by atomic mass is 35.5. The van der Waals surface area contributed by atoms with Gasteiger partial charge in [-0.15, -0.1) is 0 Å². The average Bonchev–Trinajstić information content (AvgIpc) is 2.75. The molecule has 0 amide bonds. The van der Waals surface area contributed by atoms with Crippen LogP contribution in [0, 0.1) is 11.3 Å². The van der Waals surface area contributed by atoms with Gasteiger partial charge in [0.2, 0.25) is 0 Å². The number of ether oxygens (including phenoxy) is 2. The standard InChI is InChI=1S/C22H20ClN3O4/c1-3-29-21(27)20(22(28)30-4-2)19(15-8-6-5-7-9-15)18(14-24)26-25-17-12-10-16(23)11-13-17/h5-13,25H,3-4H2,1-2H3/b26-18-. The van der Waals surface area contributed by atoms with Crippen LogP contribution in [0.2, 0.25) is 5.02 Å². The first kappa shape index (κ1) is 22.7. The van der Waals surface area contributed by atoms with Crippen LogP contribution in [-0.2, 0) is 19.1 Å². The molecule has 7 nitrogen and oxygen atoms in total. The molecule has 8 heteroatoms. The van der Waals surface area contributed by atoms with Gasteiger partial charge in [0.1, 0.15) is 6.07 Å². The summed E-state index contributed by atoms with van der Waals surface area (Å²) in [7, 11) is 0. The minimum atomic E-state index is -0.899. The molecule has 0 aromatic heterocycles. The van der Waals surface area contributed by atoms with E-state index in [1.807, 2.05) is 6.07 Å². The molecular formula is C22H20ClN3O4. The van der Waals surface area contributed by atoms with Crippen LogP contribution < -0.4 is 5.43 Å². The number of carbonyl (C=O) groups is 2. The smallest absolute Gasteiger partial charge is 0.346 e. The molecule has 0 fully saturated rings. The fourth-order valence-electron chi connectivity index (χ4n) is 2.48. The highest BCUT2D eigenvalue weighted by Crippen LogP contribution is 2.24. The van der Waals surface area contributed by atoms with E-state index < -0.39 is 17.5 Å². The Kier molecular flexibility index (Phi) is 8.60. The molecule has 0 unspecified atom stereocenters. The lowest BCUT2D eigenvalue weighted by atomic mass is 9.95. The molecule has 0 aliphatic rings. The Hall–Kier alpha value is -3.63. The summed E-state index contributed by atoms with van der Waals surface area (Å²) in [6.07, 6.45) is 0. The van der Waals surface area contributed by atoms with Gasteiger partial charge in [0.15, 0.2) is 11.3 Å². The molecule has 0 bridgehead atoms. The quantitative estimate of drug-likeness (QED) is 0.170. The molecule has 0 heterocycles. The third-order valence-corrected chi connectivity index (χ3v) is 4.01. The molecule has 2 aromatic carbocycles. The maximum atomic E-state index is 12.6. The molecule has 0 aliphatic carbocycles. The SMILES string of the molecule is CCOC(=O)C(C(=O)OCC)=C(/C(C#N)=N\Nc1ccc(Cl)cc1)c1ccccc1. The van der Waals surface area contributed by atoms with Crippen molar-refractivity contribution < 1.29 is 19.1 Å². The first-order valence-corrected chi connectivity index (χ1v) is 9.53. The Morgan fingerprint density at radius 3 is 2.07 bits per heavy atom. The number of halogens is 1. The Morgan fingerprint density at radius 2 is 1.57 bits per heavy atom. The number of nitriles is 1. The van der Waals surface area contributed by atoms with Crippen molar-refractivity contribution >= 4 is 40.5 Å². The average molecular weight is 426 g/mol. The van der Waals surface area contributed by atoms with Crippen LogP contribution >= 0.6 is 11.6 Å². The fourth-order valence-corrected chi connectivity index (χ4v) is 2.61. The summed E-state index contributed by atoms with van der Waals surface area (Å²) >= 11 is 5.88. The van der Waals surface area contributed by atoms with Crippen LogP contribution in [0.3, 0.4) is 0 Å². The lowest BCUT2D eigenvalue weighted by Crippen LogP contribution is -2.22. The number of anilines is 1. The van der Waals surface area contributed by atoms with E-state index >= 15 is 0 Å². The molecule has 0 saturated heterocycles. The van der Waals surface area contributed by atoms with Crippen LogP contribution in [-0.4, -0.2) is 30.9 Å². The molecule has 2 rings (SSSR count). The normalized spacial score (nSPS) is 10.5. The van der Waals surface area contributed by atoms with Gasteiger partial charge in [-0.2, -0.15) is 10.4 Å². The topological polar surface area (TPSA) is 101 Å². The summed E-state index contributed by atoms with van der Waals surface area (Å²) in [5.74, 6) is -1.80. The van der Waals surface area contributed by atoms with Gasteiger partial charge in [-0.05, 0) is 43.7 Å². The molecule has 0 spiro atoms. The van der Waals surface area contributed by atoms with E-state index in [9.17, 15) is 14.9 Å². The van der Waals surface area contributed by atoms with E-state index in [-0.39, 0.29) is 24.5 Å². The summed E-state index contributed by atoms with van der Waals surface area (Å²) < 4.78 is 10.1. The number of hydrogen-bond donors (Lipinski definition) is 1. The summed E-state index contributed by atoms with van der Waals surface area (Å²) in [4.78, 5) is 25.3. The zero-order valence-corrected chi connectivity index (χ0v) is 17.3. The van der Waals surface area contributed by atoms with Crippen molar-refractivity contribution in [3.8, 4) is 6.07 Å². The van der Waals surface area contributed by atoms with Gasteiger partial charge in [0.25, 0.3) is 0 Å². The highest BCUT2D eigenvalue weighted by Gasteiger charge is 2.29. The van der Waals surface area contributed by atoms with E-state index in [2.05, 4.69) is 10.5 Å². The maximum absolute atomic E-state index is 12.6. The Balaban J connectivity index is 2.66. The van der Waals surface area contributed by atoms with Crippen LogP contribution in [0.5, 0.6) is 0 Å².